The summed E-state index contributed by atoms with van der Waals surface area (Å²) in [6.07, 6.45) is 0. The van der Waals surface area contributed by atoms with Crippen molar-refractivity contribution in [3.63, 3.8) is 0 Å². The number of pyridine rings is 1. The highest BCUT2D eigenvalue weighted by atomic mass is 35.5. The third-order valence-corrected chi connectivity index (χ3v) is 5.08. The van der Waals surface area contributed by atoms with E-state index in [1.54, 1.807) is 38.5 Å². The van der Waals surface area contributed by atoms with Crippen LogP contribution in [0.15, 0.2) is 60.7 Å². The molecule has 6 heteroatoms. The Morgan fingerprint density at radius 2 is 1.48 bits per heavy atom. The molecule has 0 N–H and O–H groups in total. The number of rotatable bonds is 5. The predicted molar refractivity (Wildman–Crippen MR) is 113 cm³/mol. The molecule has 0 spiro atoms. The lowest BCUT2D eigenvalue weighted by Crippen LogP contribution is -2.05. The van der Waals surface area contributed by atoms with Crippen molar-refractivity contribution < 1.29 is 19.0 Å². The van der Waals surface area contributed by atoms with Crippen LogP contribution in [0.4, 0.5) is 0 Å². The van der Waals surface area contributed by atoms with Crippen molar-refractivity contribution in [1.82, 2.24) is 4.98 Å². The van der Waals surface area contributed by atoms with Gasteiger partial charge in [-0.1, -0.05) is 17.7 Å². The summed E-state index contributed by atoms with van der Waals surface area (Å²) < 4.78 is 15.8. The van der Waals surface area contributed by atoms with Crippen LogP contribution >= 0.6 is 11.6 Å². The molecule has 0 amide bonds. The molecule has 0 saturated heterocycles. The molecular weight excluding hydrogens is 390 g/mol. The molecule has 0 aliphatic rings. The lowest BCUT2D eigenvalue weighted by atomic mass is 10.1. The molecule has 4 rings (SSSR count). The van der Waals surface area contributed by atoms with Gasteiger partial charge in [-0.15, -0.1) is 0 Å². The second-order valence-corrected chi connectivity index (χ2v) is 6.84. The van der Waals surface area contributed by atoms with Crippen LogP contribution in [0, 0.1) is 0 Å². The van der Waals surface area contributed by atoms with Crippen LogP contribution in [-0.4, -0.2) is 25.2 Å². The largest absolute Gasteiger partial charge is 0.497 e. The first-order valence-electron chi connectivity index (χ1n) is 8.96. The summed E-state index contributed by atoms with van der Waals surface area (Å²) >= 11 is 6.65. The van der Waals surface area contributed by atoms with E-state index in [-0.39, 0.29) is 6.61 Å². The zero-order valence-corrected chi connectivity index (χ0v) is 16.7. The molecule has 29 heavy (non-hydrogen) atoms. The fraction of sp³-hybridized carbons (Fsp3) is 0.130. The van der Waals surface area contributed by atoms with Crippen molar-refractivity contribution in [2.24, 2.45) is 0 Å². The maximum absolute atomic E-state index is 12.3. The third kappa shape index (κ3) is 3.82. The number of nitrogens with zero attached hydrogens (tertiary/aromatic N) is 1. The molecule has 1 heterocycles. The minimum atomic E-state index is -0.403. The van der Waals surface area contributed by atoms with E-state index >= 15 is 0 Å². The monoisotopic (exact) mass is 407 g/mol. The SMILES string of the molecule is COc1ccc(C(=O)OCc2ccc3nc4ccc(OC)cc4c(Cl)c3c2)cc1. The van der Waals surface area contributed by atoms with Gasteiger partial charge in [0.25, 0.3) is 0 Å². The number of carbonyl (C=O) groups is 1. The number of hydrogen-bond donors (Lipinski definition) is 0. The van der Waals surface area contributed by atoms with Gasteiger partial charge in [0.2, 0.25) is 0 Å². The first-order chi connectivity index (χ1) is 14.1. The fourth-order valence-corrected chi connectivity index (χ4v) is 3.40. The van der Waals surface area contributed by atoms with Gasteiger partial charge in [-0.2, -0.15) is 0 Å². The third-order valence-electron chi connectivity index (χ3n) is 4.67. The smallest absolute Gasteiger partial charge is 0.338 e. The zero-order valence-electron chi connectivity index (χ0n) is 15.9. The highest BCUT2D eigenvalue weighted by Crippen LogP contribution is 2.33. The van der Waals surface area contributed by atoms with Crippen molar-refractivity contribution in [3.8, 4) is 11.5 Å². The Balaban J connectivity index is 1.59. The summed E-state index contributed by atoms with van der Waals surface area (Å²) in [6.45, 7) is 0.132. The van der Waals surface area contributed by atoms with Gasteiger partial charge in [0.15, 0.2) is 0 Å². The maximum atomic E-state index is 12.3. The Labute approximate surface area is 172 Å². The molecule has 0 unspecified atom stereocenters. The van der Waals surface area contributed by atoms with E-state index in [1.807, 2.05) is 36.4 Å². The predicted octanol–water partition coefficient (Wildman–Crippen LogP) is 5.42. The number of benzene rings is 3. The van der Waals surface area contributed by atoms with E-state index in [9.17, 15) is 4.79 Å². The van der Waals surface area contributed by atoms with Crippen molar-refractivity contribution in [1.29, 1.82) is 0 Å². The molecule has 0 aliphatic heterocycles. The van der Waals surface area contributed by atoms with Crippen molar-refractivity contribution in [2.45, 2.75) is 6.61 Å². The number of ether oxygens (including phenoxy) is 3. The summed E-state index contributed by atoms with van der Waals surface area (Å²) in [5.41, 5.74) is 2.86. The molecule has 1 aromatic heterocycles. The average molecular weight is 408 g/mol. The van der Waals surface area contributed by atoms with Crippen molar-refractivity contribution in [3.05, 3.63) is 76.8 Å². The van der Waals surface area contributed by atoms with Gasteiger partial charge in [-0.3, -0.25) is 0 Å². The maximum Gasteiger partial charge on any atom is 0.338 e. The first kappa shape index (κ1) is 19.0. The topological polar surface area (TPSA) is 57.7 Å². The molecule has 4 aromatic rings. The fourth-order valence-electron chi connectivity index (χ4n) is 3.10. The number of halogens is 1. The van der Waals surface area contributed by atoms with Crippen LogP contribution < -0.4 is 9.47 Å². The molecule has 146 valence electrons. The molecule has 0 bridgehead atoms. The molecule has 0 radical (unpaired) electrons. The van der Waals surface area contributed by atoms with Gasteiger partial charge >= 0.3 is 5.97 Å². The molecule has 0 atom stereocenters. The highest BCUT2D eigenvalue weighted by molar-refractivity contribution is 6.40. The summed E-state index contributed by atoms with van der Waals surface area (Å²) in [5.74, 6) is 0.993. The van der Waals surface area contributed by atoms with Crippen LogP contribution in [0.1, 0.15) is 15.9 Å². The van der Waals surface area contributed by atoms with Gasteiger partial charge < -0.3 is 14.2 Å². The lowest BCUT2D eigenvalue weighted by Gasteiger charge is -2.10. The normalized spacial score (nSPS) is 10.9. The minimum Gasteiger partial charge on any atom is -0.497 e. The van der Waals surface area contributed by atoms with Crippen LogP contribution in [0.3, 0.4) is 0 Å². The Morgan fingerprint density at radius 1 is 0.862 bits per heavy atom. The van der Waals surface area contributed by atoms with E-state index in [2.05, 4.69) is 4.98 Å². The molecule has 0 fully saturated rings. The first-order valence-corrected chi connectivity index (χ1v) is 9.34. The van der Waals surface area contributed by atoms with Gasteiger partial charge in [0, 0.05) is 10.8 Å². The van der Waals surface area contributed by atoms with E-state index in [0.29, 0.717) is 22.1 Å². The molecule has 0 saturated carbocycles. The number of methoxy groups -OCH3 is 2. The van der Waals surface area contributed by atoms with E-state index in [0.717, 1.165) is 27.4 Å². The van der Waals surface area contributed by atoms with Crippen LogP contribution in [0.5, 0.6) is 11.5 Å². The van der Waals surface area contributed by atoms with E-state index < -0.39 is 5.97 Å². The minimum absolute atomic E-state index is 0.132. The molecule has 3 aromatic carbocycles. The van der Waals surface area contributed by atoms with Gasteiger partial charge in [0.05, 0.1) is 35.8 Å². The van der Waals surface area contributed by atoms with Crippen molar-refractivity contribution >= 4 is 39.4 Å². The Morgan fingerprint density at radius 3 is 2.17 bits per heavy atom. The Kier molecular flexibility index (Phi) is 5.23. The van der Waals surface area contributed by atoms with Crippen LogP contribution in [0.2, 0.25) is 5.02 Å². The highest BCUT2D eigenvalue weighted by Gasteiger charge is 2.11. The second-order valence-electron chi connectivity index (χ2n) is 6.47. The summed E-state index contributed by atoms with van der Waals surface area (Å²) in [6, 6.07) is 18.0. The molecular formula is C23H18ClNO4. The van der Waals surface area contributed by atoms with Crippen LogP contribution in [-0.2, 0) is 11.3 Å². The van der Waals surface area contributed by atoms with Crippen molar-refractivity contribution in [2.75, 3.05) is 14.2 Å². The molecule has 0 aliphatic carbocycles. The Bertz CT molecular complexity index is 1210. The zero-order chi connectivity index (χ0) is 20.4. The van der Waals surface area contributed by atoms with E-state index in [4.69, 9.17) is 25.8 Å². The van der Waals surface area contributed by atoms with E-state index in [1.165, 1.54) is 0 Å². The van der Waals surface area contributed by atoms with Gasteiger partial charge in [-0.25, -0.2) is 9.78 Å². The number of esters is 1. The second kappa shape index (κ2) is 7.97. The molecule has 5 nitrogen and oxygen atoms in total. The summed E-state index contributed by atoms with van der Waals surface area (Å²) in [5, 5.41) is 2.20. The van der Waals surface area contributed by atoms with Crippen LogP contribution in [0.25, 0.3) is 21.8 Å². The lowest BCUT2D eigenvalue weighted by molar-refractivity contribution is 0.0473. The van der Waals surface area contributed by atoms with Gasteiger partial charge in [0.1, 0.15) is 18.1 Å². The number of fused-ring (bicyclic) bond motifs is 2. The number of carbonyl (C=O) groups excluding carboxylic acids is 1. The standard InChI is InChI=1S/C23H18ClNO4/c1-27-16-6-4-15(5-7-16)23(26)29-13-14-3-9-20-18(11-14)22(24)19-12-17(28-2)8-10-21(19)25-20/h3-12H,13H2,1-2H3. The summed E-state index contributed by atoms with van der Waals surface area (Å²) in [7, 11) is 3.19. The quantitative estimate of drug-likeness (QED) is 0.327. The summed E-state index contributed by atoms with van der Waals surface area (Å²) in [4.78, 5) is 16.9. The number of hydrogen-bond acceptors (Lipinski definition) is 5. The average Bonchev–Trinajstić information content (AvgIpc) is 2.77. The number of aromatic nitrogens is 1. The Hall–Kier alpha value is -3.31. The van der Waals surface area contributed by atoms with Gasteiger partial charge in [-0.05, 0) is 60.2 Å².